The van der Waals surface area contributed by atoms with Crippen molar-refractivity contribution in [2.45, 2.75) is 0 Å². The van der Waals surface area contributed by atoms with Gasteiger partial charge in [0.05, 0.1) is 6.54 Å². The van der Waals surface area contributed by atoms with Crippen molar-refractivity contribution in [1.29, 1.82) is 0 Å². The Morgan fingerprint density at radius 2 is 1.88 bits per heavy atom. The van der Waals surface area contributed by atoms with Gasteiger partial charge in [-0.3, -0.25) is 9.88 Å². The van der Waals surface area contributed by atoms with Crippen LogP contribution >= 0.6 is 0 Å². The number of urea groups is 1. The molecule has 122 valence electrons. The smallest absolute Gasteiger partial charge is 0.321 e. The first-order chi connectivity index (χ1) is 11.8. The van der Waals surface area contributed by atoms with E-state index < -0.39 is 0 Å². The zero-order chi connectivity index (χ0) is 16.8. The molecule has 2 amide bonds. The van der Waals surface area contributed by atoms with Crippen molar-refractivity contribution in [1.82, 2.24) is 10.3 Å². The van der Waals surface area contributed by atoms with Gasteiger partial charge in [-0.05, 0) is 24.3 Å². The Morgan fingerprint density at radius 1 is 1.08 bits per heavy atom. The number of carbonyl (C=O) groups is 1. The van der Waals surface area contributed by atoms with Crippen molar-refractivity contribution in [2.24, 2.45) is 0 Å². The highest BCUT2D eigenvalue weighted by atomic mass is 16.5. The number of carbonyl (C=O) groups excluding carboxylic acids is 1. The van der Waals surface area contributed by atoms with Gasteiger partial charge in [0.1, 0.15) is 17.9 Å². The Labute approximate surface area is 140 Å². The fraction of sp³-hybridized carbons (Fsp3) is 0.158. The molecule has 0 spiro atoms. The molecule has 0 saturated heterocycles. The van der Waals surface area contributed by atoms with Crippen molar-refractivity contribution in [3.8, 4) is 5.75 Å². The number of anilines is 1. The van der Waals surface area contributed by atoms with Crippen LogP contribution in [0.15, 0.2) is 66.9 Å². The molecule has 5 heteroatoms. The lowest BCUT2D eigenvalue weighted by Crippen LogP contribution is -2.39. The number of nitrogens with one attached hydrogen (secondary N) is 1. The fourth-order valence-corrected chi connectivity index (χ4v) is 2.40. The topological polar surface area (TPSA) is 54.5 Å². The summed E-state index contributed by atoms with van der Waals surface area (Å²) in [7, 11) is 1.74. The number of amides is 2. The van der Waals surface area contributed by atoms with E-state index in [1.807, 2.05) is 60.7 Å². The number of hydrogen-bond acceptors (Lipinski definition) is 3. The van der Waals surface area contributed by atoms with E-state index >= 15 is 0 Å². The van der Waals surface area contributed by atoms with E-state index in [-0.39, 0.29) is 6.03 Å². The molecule has 0 radical (unpaired) electrons. The third-order valence-corrected chi connectivity index (χ3v) is 3.68. The van der Waals surface area contributed by atoms with Crippen LogP contribution in [0.25, 0.3) is 10.9 Å². The minimum atomic E-state index is -0.166. The molecule has 1 heterocycles. The van der Waals surface area contributed by atoms with Crippen molar-refractivity contribution in [3.63, 3.8) is 0 Å². The van der Waals surface area contributed by atoms with Gasteiger partial charge in [-0.1, -0.05) is 36.4 Å². The molecule has 5 nitrogen and oxygen atoms in total. The molecule has 0 atom stereocenters. The van der Waals surface area contributed by atoms with Crippen molar-refractivity contribution >= 4 is 22.6 Å². The second kappa shape index (κ2) is 7.46. The maximum absolute atomic E-state index is 12.1. The lowest BCUT2D eigenvalue weighted by Gasteiger charge is -2.18. The van der Waals surface area contributed by atoms with Crippen LogP contribution < -0.4 is 15.0 Å². The van der Waals surface area contributed by atoms with Crippen molar-refractivity contribution in [2.75, 3.05) is 25.1 Å². The number of hydrogen-bond donors (Lipinski definition) is 1. The number of ether oxygens (including phenoxy) is 1. The van der Waals surface area contributed by atoms with Crippen LogP contribution in [0.1, 0.15) is 0 Å². The van der Waals surface area contributed by atoms with Crippen LogP contribution in [-0.4, -0.2) is 31.2 Å². The highest BCUT2D eigenvalue weighted by Gasteiger charge is 2.09. The third-order valence-electron chi connectivity index (χ3n) is 3.68. The van der Waals surface area contributed by atoms with Gasteiger partial charge >= 0.3 is 6.03 Å². The molecule has 3 aromatic rings. The molecule has 0 saturated carbocycles. The third kappa shape index (κ3) is 3.63. The monoisotopic (exact) mass is 321 g/mol. The van der Waals surface area contributed by atoms with Gasteiger partial charge in [0.25, 0.3) is 0 Å². The molecule has 1 aromatic heterocycles. The van der Waals surface area contributed by atoms with Gasteiger partial charge in [0.2, 0.25) is 0 Å². The average Bonchev–Trinajstić information content (AvgIpc) is 2.65. The van der Waals surface area contributed by atoms with E-state index in [4.69, 9.17) is 4.74 Å². The summed E-state index contributed by atoms with van der Waals surface area (Å²) < 4.78 is 5.76. The summed E-state index contributed by atoms with van der Waals surface area (Å²) in [6, 6.07) is 19.0. The van der Waals surface area contributed by atoms with Crippen LogP contribution in [0.3, 0.4) is 0 Å². The lowest BCUT2D eigenvalue weighted by molar-refractivity contribution is 0.243. The standard InChI is InChI=1S/C19H19N3O2/c1-22(16-9-3-2-4-10-16)19(23)21-13-14-24-17-11-5-7-15-8-6-12-20-18(15)17/h2-12H,13-14H2,1H3,(H,21,23). The number of benzene rings is 2. The summed E-state index contributed by atoms with van der Waals surface area (Å²) in [6.07, 6.45) is 1.74. The van der Waals surface area contributed by atoms with Crippen molar-refractivity contribution < 1.29 is 9.53 Å². The normalized spacial score (nSPS) is 10.4. The highest BCUT2D eigenvalue weighted by molar-refractivity contribution is 5.91. The Kier molecular flexibility index (Phi) is 4.91. The summed E-state index contributed by atoms with van der Waals surface area (Å²) in [5.74, 6) is 0.721. The van der Waals surface area contributed by atoms with Crippen LogP contribution in [0.4, 0.5) is 10.5 Å². The number of aromatic nitrogens is 1. The largest absolute Gasteiger partial charge is 0.489 e. The molecule has 3 rings (SSSR count). The van der Waals surface area contributed by atoms with Gasteiger partial charge in [-0.2, -0.15) is 0 Å². The number of fused-ring (bicyclic) bond motifs is 1. The number of pyridine rings is 1. The van der Waals surface area contributed by atoms with E-state index in [9.17, 15) is 4.79 Å². The summed E-state index contributed by atoms with van der Waals surface area (Å²) in [5, 5.41) is 3.87. The van der Waals surface area contributed by atoms with Crippen LogP contribution in [0, 0.1) is 0 Å². The van der Waals surface area contributed by atoms with E-state index in [0.29, 0.717) is 13.2 Å². The van der Waals surface area contributed by atoms with Crippen molar-refractivity contribution in [3.05, 3.63) is 66.9 Å². The molecular formula is C19H19N3O2. The second-order valence-corrected chi connectivity index (χ2v) is 5.31. The average molecular weight is 321 g/mol. The van der Waals surface area contributed by atoms with E-state index in [2.05, 4.69) is 10.3 Å². The Hall–Kier alpha value is -3.08. The van der Waals surface area contributed by atoms with Crippen LogP contribution in [-0.2, 0) is 0 Å². The molecule has 0 aliphatic carbocycles. The maximum Gasteiger partial charge on any atom is 0.321 e. The minimum Gasteiger partial charge on any atom is -0.489 e. The number of nitrogens with zero attached hydrogens (tertiary/aromatic N) is 2. The summed E-state index contributed by atoms with van der Waals surface area (Å²) >= 11 is 0. The predicted octanol–water partition coefficient (Wildman–Crippen LogP) is 3.46. The summed E-state index contributed by atoms with van der Waals surface area (Å²) in [4.78, 5) is 18.0. The second-order valence-electron chi connectivity index (χ2n) is 5.31. The summed E-state index contributed by atoms with van der Waals surface area (Å²) in [5.41, 5.74) is 1.67. The Bertz CT molecular complexity index is 816. The predicted molar refractivity (Wildman–Crippen MR) is 95.5 cm³/mol. The van der Waals surface area contributed by atoms with Gasteiger partial charge in [0.15, 0.2) is 0 Å². The molecule has 1 N–H and O–H groups in total. The molecule has 0 bridgehead atoms. The number of rotatable bonds is 5. The zero-order valence-electron chi connectivity index (χ0n) is 13.5. The van der Waals surface area contributed by atoms with Crippen LogP contribution in [0.2, 0.25) is 0 Å². The quantitative estimate of drug-likeness (QED) is 0.732. The molecule has 2 aromatic carbocycles. The lowest BCUT2D eigenvalue weighted by atomic mass is 10.2. The van der Waals surface area contributed by atoms with Gasteiger partial charge in [-0.25, -0.2) is 4.79 Å². The van der Waals surface area contributed by atoms with Gasteiger partial charge in [0, 0.05) is 24.3 Å². The first-order valence-corrected chi connectivity index (χ1v) is 7.79. The Balaban J connectivity index is 1.52. The molecule has 0 aliphatic heterocycles. The van der Waals surface area contributed by atoms with E-state index in [1.165, 1.54) is 0 Å². The minimum absolute atomic E-state index is 0.166. The van der Waals surface area contributed by atoms with E-state index in [0.717, 1.165) is 22.3 Å². The van der Waals surface area contributed by atoms with E-state index in [1.54, 1.807) is 18.1 Å². The molecule has 0 fully saturated rings. The molecule has 24 heavy (non-hydrogen) atoms. The zero-order valence-corrected chi connectivity index (χ0v) is 13.5. The molecular weight excluding hydrogens is 302 g/mol. The molecule has 0 aliphatic rings. The Morgan fingerprint density at radius 3 is 2.71 bits per heavy atom. The maximum atomic E-state index is 12.1. The van der Waals surface area contributed by atoms with Crippen LogP contribution in [0.5, 0.6) is 5.75 Å². The summed E-state index contributed by atoms with van der Waals surface area (Å²) in [6.45, 7) is 0.795. The fourth-order valence-electron chi connectivity index (χ4n) is 2.40. The van der Waals surface area contributed by atoms with Gasteiger partial charge < -0.3 is 10.1 Å². The first-order valence-electron chi connectivity index (χ1n) is 7.79. The number of para-hydroxylation sites is 2. The highest BCUT2D eigenvalue weighted by Crippen LogP contribution is 2.22. The SMILES string of the molecule is CN(C(=O)NCCOc1cccc2cccnc12)c1ccccc1. The van der Waals surface area contributed by atoms with Gasteiger partial charge in [-0.15, -0.1) is 0 Å². The first kappa shape index (κ1) is 15.8. The molecule has 0 unspecified atom stereocenters.